The monoisotopic (exact) mass is 1050 g/mol. The maximum absolute atomic E-state index is 13.1. The summed E-state index contributed by atoms with van der Waals surface area (Å²) < 4.78 is 11.3. The first-order valence-corrected chi connectivity index (χ1v) is 31.6. The third-order valence-electron chi connectivity index (χ3n) is 14.8. The number of carbonyl (C=O) groups is 1. The van der Waals surface area contributed by atoms with Gasteiger partial charge in [0.15, 0.2) is 6.29 Å². The number of ether oxygens (including phenoxy) is 2. The van der Waals surface area contributed by atoms with Crippen LogP contribution in [-0.2, 0) is 14.3 Å². The highest BCUT2D eigenvalue weighted by Gasteiger charge is 2.44. The fourth-order valence-corrected chi connectivity index (χ4v) is 9.87. The van der Waals surface area contributed by atoms with E-state index in [0.717, 1.165) is 77.0 Å². The Morgan fingerprint density at radius 3 is 1.23 bits per heavy atom. The summed E-state index contributed by atoms with van der Waals surface area (Å²) in [6.45, 7) is 3.75. The van der Waals surface area contributed by atoms with Crippen LogP contribution < -0.4 is 5.32 Å². The van der Waals surface area contributed by atoms with Gasteiger partial charge in [0, 0.05) is 6.42 Å². The van der Waals surface area contributed by atoms with Crippen LogP contribution in [0.4, 0.5) is 0 Å². The molecule has 0 aromatic carbocycles. The minimum atomic E-state index is -1.55. The normalized spacial score (nSPS) is 19.4. The van der Waals surface area contributed by atoms with E-state index in [2.05, 4.69) is 92.1 Å². The SMILES string of the molecule is CC/C=C\C/C=C\C/C=C\C/C=C\C/C=C\C/C=C\CCCCCCCCCCCCCCCCCCC(=O)NC(COC1OC(CO)C(O)C(O)C1O)C(O)CCCCCCCCCCCCCCCCCCC. The van der Waals surface area contributed by atoms with Crippen LogP contribution in [0.3, 0.4) is 0 Å². The summed E-state index contributed by atoms with van der Waals surface area (Å²) >= 11 is 0. The Labute approximate surface area is 461 Å². The Kier molecular flexibility index (Phi) is 51.8. The van der Waals surface area contributed by atoms with Gasteiger partial charge in [-0.05, 0) is 64.2 Å². The van der Waals surface area contributed by atoms with Gasteiger partial charge in [-0.2, -0.15) is 0 Å². The van der Waals surface area contributed by atoms with Crippen molar-refractivity contribution >= 4 is 5.91 Å². The second kappa shape index (κ2) is 55.0. The lowest BCUT2D eigenvalue weighted by molar-refractivity contribution is -0.302. The van der Waals surface area contributed by atoms with Crippen LogP contribution in [-0.4, -0.2) is 87.5 Å². The van der Waals surface area contributed by atoms with Crippen LogP contribution in [0.2, 0.25) is 0 Å². The number of hydrogen-bond donors (Lipinski definition) is 6. The van der Waals surface area contributed by atoms with Crippen LogP contribution >= 0.6 is 0 Å². The zero-order valence-electron chi connectivity index (χ0n) is 48.5. The van der Waals surface area contributed by atoms with Gasteiger partial charge >= 0.3 is 0 Å². The van der Waals surface area contributed by atoms with Gasteiger partial charge in [-0.3, -0.25) is 4.79 Å². The molecule has 0 spiro atoms. The van der Waals surface area contributed by atoms with Crippen molar-refractivity contribution in [2.45, 2.75) is 326 Å². The minimum Gasteiger partial charge on any atom is -0.394 e. The van der Waals surface area contributed by atoms with Crippen molar-refractivity contribution < 1.29 is 39.8 Å². The molecular weight excluding hydrogens is 935 g/mol. The van der Waals surface area contributed by atoms with Crippen LogP contribution in [0.1, 0.15) is 284 Å². The highest BCUT2D eigenvalue weighted by molar-refractivity contribution is 5.76. The second-order valence-electron chi connectivity index (χ2n) is 21.8. The van der Waals surface area contributed by atoms with Crippen molar-refractivity contribution in [1.29, 1.82) is 0 Å². The predicted octanol–water partition coefficient (Wildman–Crippen LogP) is 16.4. The van der Waals surface area contributed by atoms with E-state index in [4.69, 9.17) is 9.47 Å². The number of hydrogen-bond acceptors (Lipinski definition) is 8. The molecule has 9 heteroatoms. The molecule has 1 fully saturated rings. The lowest BCUT2D eigenvalue weighted by Crippen LogP contribution is -2.60. The van der Waals surface area contributed by atoms with Gasteiger partial charge in [-0.1, -0.05) is 286 Å². The first-order valence-electron chi connectivity index (χ1n) is 31.6. The van der Waals surface area contributed by atoms with E-state index in [1.807, 2.05) is 0 Å². The average Bonchev–Trinajstić information content (AvgIpc) is 3.41. The van der Waals surface area contributed by atoms with Crippen molar-refractivity contribution in [2.75, 3.05) is 13.2 Å². The summed E-state index contributed by atoms with van der Waals surface area (Å²) in [6, 6.07) is -0.721. The maximum Gasteiger partial charge on any atom is 0.220 e. The number of carbonyl (C=O) groups excluding carboxylic acids is 1. The number of aliphatic hydroxyl groups is 5. The molecule has 1 aliphatic heterocycles. The molecule has 1 rings (SSSR count). The maximum atomic E-state index is 13.1. The molecule has 9 nitrogen and oxygen atoms in total. The Morgan fingerprint density at radius 1 is 0.467 bits per heavy atom. The third-order valence-corrected chi connectivity index (χ3v) is 14.8. The Bertz CT molecular complexity index is 1410. The lowest BCUT2D eigenvalue weighted by Gasteiger charge is -2.40. The number of amides is 1. The summed E-state index contributed by atoms with van der Waals surface area (Å²) in [6.07, 6.45) is 69.4. The standard InChI is InChI=1S/C66H119NO8/c1-3-5-7-9-11-13-15-17-19-21-22-23-24-25-26-27-28-29-30-31-32-33-34-35-36-37-38-40-42-44-46-48-50-52-54-56-62(70)67-59(58-74-66-65(73)64(72)63(71)61(57-68)75-66)60(69)55-53-51-49-47-45-43-41-39-20-18-16-14-12-10-8-6-4-2/h5,7,11,13,17,19,22-23,25-26,28-29,59-61,63-66,68-69,71-73H,3-4,6,8-10,12,14-16,18,20-21,24,27,30-58H2,1-2H3,(H,67,70)/b7-5-,13-11-,19-17-,23-22-,26-25-,29-28-. The van der Waals surface area contributed by atoms with Gasteiger partial charge in [0.1, 0.15) is 24.4 Å². The van der Waals surface area contributed by atoms with Gasteiger partial charge in [-0.15, -0.1) is 0 Å². The van der Waals surface area contributed by atoms with Crippen LogP contribution in [0.15, 0.2) is 72.9 Å². The molecular formula is C66H119NO8. The molecule has 7 unspecified atom stereocenters. The van der Waals surface area contributed by atoms with E-state index in [1.54, 1.807) is 0 Å². The molecule has 0 bridgehead atoms. The summed E-state index contributed by atoms with van der Waals surface area (Å²) in [4.78, 5) is 13.1. The van der Waals surface area contributed by atoms with Gasteiger partial charge in [0.05, 0.1) is 25.4 Å². The molecule has 6 N–H and O–H groups in total. The van der Waals surface area contributed by atoms with Crippen LogP contribution in [0.5, 0.6) is 0 Å². The van der Waals surface area contributed by atoms with E-state index in [1.165, 1.54) is 180 Å². The minimum absolute atomic E-state index is 0.138. The fourth-order valence-electron chi connectivity index (χ4n) is 9.87. The number of rotatable bonds is 54. The first kappa shape index (κ1) is 70.6. The fraction of sp³-hybridized carbons (Fsp3) is 0.803. The highest BCUT2D eigenvalue weighted by atomic mass is 16.7. The molecule has 1 amide bonds. The lowest BCUT2D eigenvalue weighted by atomic mass is 9.99. The predicted molar refractivity (Wildman–Crippen MR) is 318 cm³/mol. The summed E-state index contributed by atoms with van der Waals surface area (Å²) in [7, 11) is 0. The summed E-state index contributed by atoms with van der Waals surface area (Å²) in [5.41, 5.74) is 0. The number of nitrogens with one attached hydrogen (secondary N) is 1. The summed E-state index contributed by atoms with van der Waals surface area (Å²) in [5, 5.41) is 54.8. The largest absolute Gasteiger partial charge is 0.394 e. The van der Waals surface area contributed by atoms with Gasteiger partial charge in [0.2, 0.25) is 5.91 Å². The van der Waals surface area contributed by atoms with Gasteiger partial charge in [0.25, 0.3) is 0 Å². The van der Waals surface area contributed by atoms with Gasteiger partial charge in [-0.25, -0.2) is 0 Å². The number of aliphatic hydroxyl groups excluding tert-OH is 5. The molecule has 0 aromatic heterocycles. The molecule has 1 aliphatic rings. The molecule has 75 heavy (non-hydrogen) atoms. The van der Waals surface area contributed by atoms with Crippen molar-refractivity contribution in [3.63, 3.8) is 0 Å². The zero-order chi connectivity index (χ0) is 54.3. The van der Waals surface area contributed by atoms with E-state index in [-0.39, 0.29) is 12.5 Å². The molecule has 0 saturated carbocycles. The van der Waals surface area contributed by atoms with Crippen LogP contribution in [0.25, 0.3) is 0 Å². The molecule has 0 aliphatic carbocycles. The zero-order valence-corrected chi connectivity index (χ0v) is 48.5. The highest BCUT2D eigenvalue weighted by Crippen LogP contribution is 2.23. The molecule has 0 radical (unpaired) electrons. The van der Waals surface area contributed by atoms with Gasteiger partial charge < -0.3 is 40.3 Å². The van der Waals surface area contributed by atoms with Crippen molar-refractivity contribution in [3.8, 4) is 0 Å². The topological polar surface area (TPSA) is 149 Å². The third kappa shape index (κ3) is 44.2. The molecule has 0 aromatic rings. The summed E-state index contributed by atoms with van der Waals surface area (Å²) in [5.74, 6) is -0.143. The molecule has 7 atom stereocenters. The first-order chi connectivity index (χ1) is 36.8. The molecule has 1 heterocycles. The Morgan fingerprint density at radius 2 is 0.827 bits per heavy atom. The quantitative estimate of drug-likeness (QED) is 0.0261. The molecule has 1 saturated heterocycles. The average molecular weight is 1050 g/mol. The van der Waals surface area contributed by atoms with Crippen molar-refractivity contribution in [1.82, 2.24) is 5.32 Å². The Balaban J connectivity index is 2.11. The second-order valence-corrected chi connectivity index (χ2v) is 21.8. The van der Waals surface area contributed by atoms with Crippen molar-refractivity contribution in [3.05, 3.63) is 72.9 Å². The van der Waals surface area contributed by atoms with E-state index in [9.17, 15) is 30.3 Å². The van der Waals surface area contributed by atoms with Crippen LogP contribution in [0, 0.1) is 0 Å². The van der Waals surface area contributed by atoms with E-state index in [0.29, 0.717) is 12.8 Å². The van der Waals surface area contributed by atoms with Crippen molar-refractivity contribution in [2.24, 2.45) is 0 Å². The number of unbranched alkanes of at least 4 members (excludes halogenated alkanes) is 32. The molecule has 436 valence electrons. The number of allylic oxidation sites excluding steroid dienone is 12. The van der Waals surface area contributed by atoms with E-state index < -0.39 is 49.5 Å². The smallest absolute Gasteiger partial charge is 0.220 e. The Hall–Kier alpha value is -2.37. The van der Waals surface area contributed by atoms with E-state index >= 15 is 0 Å².